The van der Waals surface area contributed by atoms with Crippen molar-refractivity contribution in [1.29, 1.82) is 5.26 Å². The molecule has 0 atom stereocenters. The Labute approximate surface area is 120 Å². The number of hydrogen-bond acceptors (Lipinski definition) is 4. The molecule has 0 saturated heterocycles. The smallest absolute Gasteiger partial charge is 0.252 e. The minimum absolute atomic E-state index is 0.145. The van der Waals surface area contributed by atoms with Gasteiger partial charge >= 0.3 is 0 Å². The SMILES string of the molecule is COc1ccc(Cl)cc1NC(=S)NNC(=O)CC#N. The summed E-state index contributed by atoms with van der Waals surface area (Å²) >= 11 is 10.8. The first-order valence-corrected chi connectivity index (χ1v) is 5.91. The number of anilines is 1. The van der Waals surface area contributed by atoms with Crippen molar-refractivity contribution in [2.24, 2.45) is 0 Å². The van der Waals surface area contributed by atoms with E-state index in [4.69, 9.17) is 33.8 Å². The number of benzene rings is 1. The number of carbonyl (C=O) groups is 1. The predicted octanol–water partition coefficient (Wildman–Crippen LogP) is 1.58. The van der Waals surface area contributed by atoms with Crippen LogP contribution in [-0.2, 0) is 4.79 Å². The summed E-state index contributed by atoms with van der Waals surface area (Å²) in [5.74, 6) is 0.0709. The molecular formula is C11H11ClN4O2S. The number of halogens is 1. The van der Waals surface area contributed by atoms with Crippen molar-refractivity contribution in [2.75, 3.05) is 12.4 Å². The van der Waals surface area contributed by atoms with E-state index in [-0.39, 0.29) is 11.5 Å². The molecule has 0 aliphatic heterocycles. The molecule has 0 spiro atoms. The van der Waals surface area contributed by atoms with Gasteiger partial charge in [-0.15, -0.1) is 0 Å². The van der Waals surface area contributed by atoms with Crippen LogP contribution in [0.3, 0.4) is 0 Å². The number of nitrogens with zero attached hydrogens (tertiary/aromatic N) is 1. The van der Waals surface area contributed by atoms with Gasteiger partial charge in [0.05, 0.1) is 18.9 Å². The van der Waals surface area contributed by atoms with Gasteiger partial charge in [-0.05, 0) is 30.4 Å². The summed E-state index contributed by atoms with van der Waals surface area (Å²) in [6, 6.07) is 6.70. The summed E-state index contributed by atoms with van der Waals surface area (Å²) in [6.45, 7) is 0. The third-order valence-electron chi connectivity index (χ3n) is 1.96. The van der Waals surface area contributed by atoms with Crippen LogP contribution in [0.25, 0.3) is 0 Å². The highest BCUT2D eigenvalue weighted by Gasteiger charge is 2.06. The quantitative estimate of drug-likeness (QED) is 0.580. The van der Waals surface area contributed by atoms with Gasteiger partial charge in [-0.25, -0.2) is 0 Å². The van der Waals surface area contributed by atoms with E-state index in [1.54, 1.807) is 24.3 Å². The molecule has 1 rings (SSSR count). The Balaban J connectivity index is 2.60. The second kappa shape index (κ2) is 7.41. The molecule has 1 aromatic rings. The summed E-state index contributed by atoms with van der Waals surface area (Å²) in [5.41, 5.74) is 5.28. The number of carbonyl (C=O) groups excluding carboxylic acids is 1. The largest absolute Gasteiger partial charge is 0.495 e. The average Bonchev–Trinajstić information content (AvgIpc) is 2.37. The van der Waals surface area contributed by atoms with Crippen molar-refractivity contribution < 1.29 is 9.53 Å². The maximum absolute atomic E-state index is 11.0. The lowest BCUT2D eigenvalue weighted by molar-refractivity contribution is -0.120. The van der Waals surface area contributed by atoms with E-state index >= 15 is 0 Å². The Kier molecular flexibility index (Phi) is 5.85. The Morgan fingerprint density at radius 3 is 2.89 bits per heavy atom. The molecule has 8 heteroatoms. The van der Waals surface area contributed by atoms with Crippen LogP contribution in [0.5, 0.6) is 5.75 Å². The molecule has 0 unspecified atom stereocenters. The highest BCUT2D eigenvalue weighted by Crippen LogP contribution is 2.27. The van der Waals surface area contributed by atoms with Crippen molar-refractivity contribution in [3.8, 4) is 11.8 Å². The molecule has 0 fully saturated rings. The lowest BCUT2D eigenvalue weighted by atomic mass is 10.3. The van der Waals surface area contributed by atoms with Gasteiger partial charge in [0.1, 0.15) is 12.2 Å². The first-order valence-electron chi connectivity index (χ1n) is 5.13. The number of thiocarbonyl (C=S) groups is 1. The second-order valence-electron chi connectivity index (χ2n) is 3.31. The van der Waals surface area contributed by atoms with E-state index in [1.807, 2.05) is 0 Å². The standard InChI is InChI=1S/C11H11ClN4O2S/c1-18-9-3-2-7(12)6-8(9)14-11(19)16-15-10(17)4-5-13/h2-3,6H,4H2,1H3,(H,15,17)(H2,14,16,19). The lowest BCUT2D eigenvalue weighted by Crippen LogP contribution is -2.43. The number of rotatable bonds is 3. The van der Waals surface area contributed by atoms with E-state index < -0.39 is 5.91 Å². The number of methoxy groups -OCH3 is 1. The second-order valence-corrected chi connectivity index (χ2v) is 4.15. The maximum Gasteiger partial charge on any atom is 0.252 e. The Hall–Kier alpha value is -2.04. The lowest BCUT2D eigenvalue weighted by Gasteiger charge is -2.13. The van der Waals surface area contributed by atoms with E-state index in [2.05, 4.69) is 16.2 Å². The van der Waals surface area contributed by atoms with Gasteiger partial charge in [0.25, 0.3) is 5.91 Å². The summed E-state index contributed by atoms with van der Waals surface area (Å²) in [4.78, 5) is 11.0. The van der Waals surface area contributed by atoms with E-state index in [1.165, 1.54) is 7.11 Å². The van der Waals surface area contributed by atoms with Gasteiger partial charge < -0.3 is 10.1 Å². The number of amides is 1. The van der Waals surface area contributed by atoms with Crippen LogP contribution in [0.1, 0.15) is 6.42 Å². The summed E-state index contributed by atoms with van der Waals surface area (Å²) in [7, 11) is 1.51. The number of ether oxygens (including phenoxy) is 1. The minimum Gasteiger partial charge on any atom is -0.495 e. The highest BCUT2D eigenvalue weighted by atomic mass is 35.5. The third kappa shape index (κ3) is 4.99. The fraction of sp³-hybridized carbons (Fsp3) is 0.182. The van der Waals surface area contributed by atoms with Gasteiger partial charge in [-0.2, -0.15) is 5.26 Å². The van der Waals surface area contributed by atoms with Crippen LogP contribution in [0.15, 0.2) is 18.2 Å². The van der Waals surface area contributed by atoms with Crippen LogP contribution in [0.4, 0.5) is 5.69 Å². The summed E-state index contributed by atoms with van der Waals surface area (Å²) in [5, 5.41) is 11.8. The van der Waals surface area contributed by atoms with Gasteiger partial charge in [-0.3, -0.25) is 15.6 Å². The molecule has 19 heavy (non-hydrogen) atoms. The van der Waals surface area contributed by atoms with Crippen molar-refractivity contribution in [3.63, 3.8) is 0 Å². The normalized spacial score (nSPS) is 9.11. The van der Waals surface area contributed by atoms with Gasteiger partial charge in [-0.1, -0.05) is 11.6 Å². The first-order chi connectivity index (χ1) is 9.06. The number of hydrazine groups is 1. The molecule has 1 amide bonds. The highest BCUT2D eigenvalue weighted by molar-refractivity contribution is 7.80. The van der Waals surface area contributed by atoms with Crippen molar-refractivity contribution >= 4 is 40.5 Å². The number of nitriles is 1. The topological polar surface area (TPSA) is 86.2 Å². The van der Waals surface area contributed by atoms with Crippen LogP contribution >= 0.6 is 23.8 Å². The van der Waals surface area contributed by atoms with Crippen molar-refractivity contribution in [1.82, 2.24) is 10.9 Å². The Morgan fingerprint density at radius 1 is 1.53 bits per heavy atom. The maximum atomic E-state index is 11.0. The molecule has 0 aromatic heterocycles. The molecule has 0 radical (unpaired) electrons. The molecule has 6 nitrogen and oxygen atoms in total. The molecule has 0 heterocycles. The zero-order valence-corrected chi connectivity index (χ0v) is 11.6. The van der Waals surface area contributed by atoms with Crippen LogP contribution in [0, 0.1) is 11.3 Å². The minimum atomic E-state index is -0.482. The predicted molar refractivity (Wildman–Crippen MR) is 75.7 cm³/mol. The summed E-state index contributed by atoms with van der Waals surface area (Å²) in [6.07, 6.45) is -0.254. The molecule has 0 bridgehead atoms. The van der Waals surface area contributed by atoms with Crippen LogP contribution in [-0.4, -0.2) is 18.1 Å². The molecule has 1 aromatic carbocycles. The van der Waals surface area contributed by atoms with Crippen molar-refractivity contribution in [2.45, 2.75) is 6.42 Å². The molecule has 100 valence electrons. The van der Waals surface area contributed by atoms with E-state index in [0.717, 1.165) is 0 Å². The van der Waals surface area contributed by atoms with Gasteiger partial charge in [0, 0.05) is 5.02 Å². The fourth-order valence-corrected chi connectivity index (χ4v) is 1.51. The number of nitrogens with one attached hydrogen (secondary N) is 3. The molecule has 0 aliphatic rings. The Morgan fingerprint density at radius 2 is 2.26 bits per heavy atom. The van der Waals surface area contributed by atoms with Crippen molar-refractivity contribution in [3.05, 3.63) is 23.2 Å². The monoisotopic (exact) mass is 298 g/mol. The van der Waals surface area contributed by atoms with E-state index in [0.29, 0.717) is 16.5 Å². The van der Waals surface area contributed by atoms with Gasteiger partial charge in [0.2, 0.25) is 0 Å². The fourth-order valence-electron chi connectivity index (χ4n) is 1.17. The van der Waals surface area contributed by atoms with E-state index in [9.17, 15) is 4.79 Å². The molecule has 0 aliphatic carbocycles. The zero-order chi connectivity index (χ0) is 14.3. The van der Waals surface area contributed by atoms with Crippen LogP contribution < -0.4 is 20.9 Å². The average molecular weight is 299 g/mol. The first kappa shape index (κ1) is 15.0. The zero-order valence-electron chi connectivity index (χ0n) is 9.99. The number of hydrogen-bond donors (Lipinski definition) is 3. The Bertz CT molecular complexity index is 530. The molecule has 0 saturated carbocycles. The molecular weight excluding hydrogens is 288 g/mol. The van der Waals surface area contributed by atoms with Gasteiger partial charge in [0.15, 0.2) is 5.11 Å². The third-order valence-corrected chi connectivity index (χ3v) is 2.40. The van der Waals surface area contributed by atoms with Crippen LogP contribution in [0.2, 0.25) is 5.02 Å². The summed E-state index contributed by atoms with van der Waals surface area (Å²) < 4.78 is 5.13. The molecule has 3 N–H and O–H groups in total.